The van der Waals surface area contributed by atoms with E-state index in [1.54, 1.807) is 13.1 Å². The summed E-state index contributed by atoms with van der Waals surface area (Å²) in [6.07, 6.45) is 3.64. The zero-order valence-electron chi connectivity index (χ0n) is 14.6. The third-order valence-electron chi connectivity index (χ3n) is 4.74. The van der Waals surface area contributed by atoms with Gasteiger partial charge in [0.25, 0.3) is 0 Å². The molecule has 25 heavy (non-hydrogen) atoms. The molecule has 0 spiro atoms. The summed E-state index contributed by atoms with van der Waals surface area (Å²) in [5.74, 6) is 0.551. The molecule has 6 nitrogen and oxygen atoms in total. The molecule has 1 atom stereocenters. The van der Waals surface area contributed by atoms with Gasteiger partial charge in [-0.05, 0) is 32.4 Å². The highest BCUT2D eigenvalue weighted by Gasteiger charge is 2.23. The van der Waals surface area contributed by atoms with E-state index in [-0.39, 0.29) is 17.5 Å². The van der Waals surface area contributed by atoms with Crippen LogP contribution in [0.4, 0.5) is 0 Å². The van der Waals surface area contributed by atoms with E-state index in [4.69, 9.17) is 14.9 Å². The lowest BCUT2D eigenvalue weighted by molar-refractivity contribution is -0.0286. The smallest absolute Gasteiger partial charge is 0.196 e. The molecule has 0 radical (unpaired) electrons. The molecule has 3 aromatic rings. The van der Waals surface area contributed by atoms with Crippen molar-refractivity contribution in [2.24, 2.45) is 5.73 Å². The maximum atomic E-state index is 12.9. The molecule has 1 fully saturated rings. The first kappa shape index (κ1) is 16.1. The highest BCUT2D eigenvalue weighted by molar-refractivity contribution is 5.84. The number of aromatic nitrogens is 2. The van der Waals surface area contributed by atoms with Crippen molar-refractivity contribution in [2.75, 3.05) is 13.2 Å². The molecule has 1 aliphatic heterocycles. The lowest BCUT2D eigenvalue weighted by Crippen LogP contribution is -2.30. The van der Waals surface area contributed by atoms with Crippen LogP contribution in [0.5, 0.6) is 0 Å². The number of aryl methyl sites for hydroxylation is 1. The van der Waals surface area contributed by atoms with E-state index in [0.717, 1.165) is 16.7 Å². The fraction of sp³-hybridized carbons (Fsp3) is 0.368. The van der Waals surface area contributed by atoms with E-state index in [0.29, 0.717) is 35.5 Å². The van der Waals surface area contributed by atoms with Crippen molar-refractivity contribution < 1.29 is 9.15 Å². The summed E-state index contributed by atoms with van der Waals surface area (Å²) in [5, 5.41) is 4.96. The first-order chi connectivity index (χ1) is 12.0. The number of nitrogens with zero attached hydrogens (tertiary/aromatic N) is 2. The first-order valence-corrected chi connectivity index (χ1v) is 8.41. The third kappa shape index (κ3) is 2.58. The van der Waals surface area contributed by atoms with Crippen LogP contribution in [0, 0.1) is 13.8 Å². The van der Waals surface area contributed by atoms with Crippen molar-refractivity contribution >= 4 is 11.0 Å². The lowest BCUT2D eigenvalue weighted by atomic mass is 10.00. The maximum Gasteiger partial charge on any atom is 0.196 e. The van der Waals surface area contributed by atoms with E-state index >= 15 is 0 Å². The predicted octanol–water partition coefficient (Wildman–Crippen LogP) is 2.86. The van der Waals surface area contributed by atoms with Crippen LogP contribution in [0.2, 0.25) is 0 Å². The molecule has 130 valence electrons. The summed E-state index contributed by atoms with van der Waals surface area (Å²) in [5.41, 5.74) is 9.85. The molecule has 2 N–H and O–H groups in total. The van der Waals surface area contributed by atoms with Gasteiger partial charge in [-0.2, -0.15) is 5.10 Å². The van der Waals surface area contributed by atoms with Crippen LogP contribution < -0.4 is 11.2 Å². The Kier molecular flexibility index (Phi) is 3.74. The largest absolute Gasteiger partial charge is 0.455 e. The maximum absolute atomic E-state index is 12.9. The van der Waals surface area contributed by atoms with Gasteiger partial charge in [0.2, 0.25) is 0 Å². The summed E-state index contributed by atoms with van der Waals surface area (Å²) in [7, 11) is 0. The van der Waals surface area contributed by atoms with Crippen LogP contribution in [-0.4, -0.2) is 23.0 Å². The summed E-state index contributed by atoms with van der Waals surface area (Å²) in [6, 6.07) is 3.86. The Morgan fingerprint density at radius 3 is 2.72 bits per heavy atom. The van der Waals surface area contributed by atoms with Gasteiger partial charge >= 0.3 is 0 Å². The minimum absolute atomic E-state index is 0.0263. The van der Waals surface area contributed by atoms with Crippen molar-refractivity contribution in [3.8, 4) is 11.3 Å². The van der Waals surface area contributed by atoms with Gasteiger partial charge < -0.3 is 14.9 Å². The fourth-order valence-corrected chi connectivity index (χ4v) is 3.21. The van der Waals surface area contributed by atoms with Gasteiger partial charge in [0.15, 0.2) is 5.43 Å². The zero-order valence-corrected chi connectivity index (χ0v) is 14.6. The van der Waals surface area contributed by atoms with Crippen molar-refractivity contribution in [3.05, 3.63) is 51.4 Å². The average Bonchev–Trinajstić information content (AvgIpc) is 2.98. The second kappa shape index (κ2) is 5.82. The van der Waals surface area contributed by atoms with E-state index in [1.165, 1.54) is 0 Å². The van der Waals surface area contributed by atoms with Gasteiger partial charge in [-0.25, -0.2) is 0 Å². The van der Waals surface area contributed by atoms with Crippen molar-refractivity contribution in [2.45, 2.75) is 32.9 Å². The zero-order chi connectivity index (χ0) is 17.7. The first-order valence-electron chi connectivity index (χ1n) is 8.41. The van der Waals surface area contributed by atoms with Crippen molar-refractivity contribution in [1.29, 1.82) is 0 Å². The summed E-state index contributed by atoms with van der Waals surface area (Å²) >= 11 is 0. The second-order valence-corrected chi connectivity index (χ2v) is 6.81. The summed E-state index contributed by atoms with van der Waals surface area (Å²) in [6.45, 7) is 6.96. The van der Waals surface area contributed by atoms with Crippen LogP contribution in [-0.2, 0) is 4.74 Å². The predicted molar refractivity (Wildman–Crippen MR) is 95.6 cm³/mol. The Bertz CT molecular complexity index is 1010. The van der Waals surface area contributed by atoms with Gasteiger partial charge in [-0.3, -0.25) is 9.48 Å². The number of nitrogens with two attached hydrogens (primary N) is 1. The van der Waals surface area contributed by atoms with Crippen LogP contribution in [0.1, 0.15) is 35.7 Å². The van der Waals surface area contributed by atoms with Gasteiger partial charge in [-0.15, -0.1) is 0 Å². The Morgan fingerprint density at radius 1 is 1.32 bits per heavy atom. The molecular formula is C19H21N3O3. The molecule has 1 aliphatic rings. The van der Waals surface area contributed by atoms with E-state index < -0.39 is 0 Å². The van der Waals surface area contributed by atoms with Crippen molar-refractivity contribution in [1.82, 2.24) is 9.78 Å². The second-order valence-electron chi connectivity index (χ2n) is 6.81. The molecule has 0 bridgehead atoms. The Labute approximate surface area is 145 Å². The van der Waals surface area contributed by atoms with Gasteiger partial charge in [-0.1, -0.05) is 6.07 Å². The molecule has 3 heterocycles. The SMILES string of the molecule is Cc1cc(C(C)N)c2oc(-c3cnn(C4COC4)c3)c(C)c(=O)c2c1. The molecule has 1 saturated heterocycles. The molecule has 6 heteroatoms. The molecule has 0 amide bonds. The minimum Gasteiger partial charge on any atom is -0.455 e. The van der Waals surface area contributed by atoms with E-state index in [1.807, 2.05) is 36.9 Å². The standard InChI is InChI=1S/C19H21N3O3/c1-10-4-15(12(3)20)19-16(5-10)17(23)11(2)18(25-19)13-6-21-22(7-13)14-8-24-9-14/h4-7,12,14H,8-9,20H2,1-3H3. The van der Waals surface area contributed by atoms with E-state index in [9.17, 15) is 4.79 Å². The van der Waals surface area contributed by atoms with Crippen LogP contribution in [0.15, 0.2) is 33.7 Å². The molecule has 1 aromatic carbocycles. The van der Waals surface area contributed by atoms with Crippen LogP contribution in [0.3, 0.4) is 0 Å². The van der Waals surface area contributed by atoms with Gasteiger partial charge in [0.05, 0.1) is 36.4 Å². The lowest BCUT2D eigenvalue weighted by Gasteiger charge is -2.25. The highest BCUT2D eigenvalue weighted by atomic mass is 16.5. The minimum atomic E-state index is -0.226. The van der Waals surface area contributed by atoms with E-state index in [2.05, 4.69) is 5.10 Å². The van der Waals surface area contributed by atoms with Gasteiger partial charge in [0, 0.05) is 23.4 Å². The monoisotopic (exact) mass is 339 g/mol. The molecule has 4 rings (SSSR count). The molecular weight excluding hydrogens is 318 g/mol. The summed E-state index contributed by atoms with van der Waals surface area (Å²) < 4.78 is 13.3. The topological polar surface area (TPSA) is 83.3 Å². The fourth-order valence-electron chi connectivity index (χ4n) is 3.21. The Balaban J connectivity index is 1.93. The normalized spacial score (nSPS) is 16.2. The number of fused-ring (bicyclic) bond motifs is 1. The number of hydrogen-bond donors (Lipinski definition) is 1. The Morgan fingerprint density at radius 2 is 2.08 bits per heavy atom. The van der Waals surface area contributed by atoms with Crippen LogP contribution >= 0.6 is 0 Å². The quantitative estimate of drug-likeness (QED) is 0.793. The average molecular weight is 339 g/mol. The molecule has 0 aliphatic carbocycles. The summed E-state index contributed by atoms with van der Waals surface area (Å²) in [4.78, 5) is 12.9. The third-order valence-corrected chi connectivity index (χ3v) is 4.74. The van der Waals surface area contributed by atoms with Gasteiger partial charge in [0.1, 0.15) is 11.3 Å². The molecule has 1 unspecified atom stereocenters. The number of hydrogen-bond acceptors (Lipinski definition) is 5. The highest BCUT2D eigenvalue weighted by Crippen LogP contribution is 2.30. The number of rotatable bonds is 3. The van der Waals surface area contributed by atoms with Crippen LogP contribution in [0.25, 0.3) is 22.3 Å². The number of benzene rings is 1. The Hall–Kier alpha value is -2.44. The van der Waals surface area contributed by atoms with Crippen molar-refractivity contribution in [3.63, 3.8) is 0 Å². The molecule has 0 saturated carbocycles. The number of ether oxygens (including phenoxy) is 1. The molecule has 2 aromatic heterocycles.